The first-order valence-electron chi connectivity index (χ1n) is 9.07. The number of aryl methyl sites for hydroxylation is 3. The molecule has 0 saturated heterocycles. The molecule has 8 heteroatoms. The van der Waals surface area contributed by atoms with E-state index in [1.807, 2.05) is 27.0 Å². The smallest absolute Gasteiger partial charge is 0.242 e. The van der Waals surface area contributed by atoms with Crippen LogP contribution in [0.25, 0.3) is 11.0 Å². The lowest BCUT2D eigenvalue weighted by Crippen LogP contribution is -2.23. The Hall–Kier alpha value is -3.16. The molecule has 0 aliphatic heterocycles. The molecule has 0 fully saturated rings. The maximum atomic E-state index is 12.3. The van der Waals surface area contributed by atoms with E-state index in [4.69, 9.17) is 9.47 Å². The standard InChI is InChI=1S/C20H25N5O3/c1-12-15(13(2)23-19-18(12)20(28-5)24-25(19)3)6-7-16(26)22-11-14-8-9-21-17(10-14)27-4/h8-10H,6-7,11H2,1-5H3,(H,22,26). The number of ether oxygens (including phenoxy) is 2. The molecule has 0 aromatic carbocycles. The number of methoxy groups -OCH3 is 2. The number of hydrogen-bond donors (Lipinski definition) is 1. The number of carbonyl (C=O) groups is 1. The Morgan fingerprint density at radius 3 is 2.75 bits per heavy atom. The van der Waals surface area contributed by atoms with Gasteiger partial charge in [0.05, 0.1) is 19.6 Å². The van der Waals surface area contributed by atoms with Gasteiger partial charge in [-0.2, -0.15) is 0 Å². The summed E-state index contributed by atoms with van der Waals surface area (Å²) >= 11 is 0. The molecule has 0 atom stereocenters. The van der Waals surface area contributed by atoms with Crippen LogP contribution < -0.4 is 14.8 Å². The highest BCUT2D eigenvalue weighted by atomic mass is 16.5. The van der Waals surface area contributed by atoms with Gasteiger partial charge in [0.2, 0.25) is 17.7 Å². The van der Waals surface area contributed by atoms with E-state index < -0.39 is 0 Å². The summed E-state index contributed by atoms with van der Waals surface area (Å²) in [7, 11) is 5.01. The Bertz CT molecular complexity index is 1010. The fourth-order valence-corrected chi connectivity index (χ4v) is 3.31. The van der Waals surface area contributed by atoms with Gasteiger partial charge in [0.1, 0.15) is 0 Å². The molecular formula is C20H25N5O3. The molecule has 0 saturated carbocycles. The SMILES string of the molecule is COc1cc(CNC(=O)CCc2c(C)nc3c(c(OC)nn3C)c2C)ccn1. The van der Waals surface area contributed by atoms with Crippen molar-refractivity contribution < 1.29 is 14.3 Å². The maximum Gasteiger partial charge on any atom is 0.242 e. The van der Waals surface area contributed by atoms with Crippen molar-refractivity contribution >= 4 is 16.9 Å². The van der Waals surface area contributed by atoms with Crippen LogP contribution in [0.1, 0.15) is 28.8 Å². The van der Waals surface area contributed by atoms with Crippen LogP contribution in [0, 0.1) is 13.8 Å². The fourth-order valence-electron chi connectivity index (χ4n) is 3.31. The van der Waals surface area contributed by atoms with Gasteiger partial charge in [-0.3, -0.25) is 4.79 Å². The molecule has 0 aliphatic carbocycles. The molecule has 0 radical (unpaired) electrons. The van der Waals surface area contributed by atoms with Crippen LogP contribution in [0.15, 0.2) is 18.3 Å². The van der Waals surface area contributed by atoms with Gasteiger partial charge < -0.3 is 14.8 Å². The topological polar surface area (TPSA) is 91.2 Å². The number of fused-ring (bicyclic) bond motifs is 1. The number of aromatic nitrogens is 4. The van der Waals surface area contributed by atoms with Crippen LogP contribution in [0.5, 0.6) is 11.8 Å². The molecule has 0 aliphatic rings. The van der Waals surface area contributed by atoms with E-state index in [0.29, 0.717) is 31.1 Å². The van der Waals surface area contributed by atoms with E-state index in [9.17, 15) is 4.79 Å². The molecule has 3 rings (SSSR count). The minimum Gasteiger partial charge on any atom is -0.481 e. The van der Waals surface area contributed by atoms with Crippen molar-refractivity contribution in [2.24, 2.45) is 7.05 Å². The molecule has 8 nitrogen and oxygen atoms in total. The minimum absolute atomic E-state index is 0.0205. The molecule has 1 amide bonds. The van der Waals surface area contributed by atoms with Gasteiger partial charge in [-0.15, -0.1) is 5.10 Å². The second kappa shape index (κ2) is 8.24. The second-order valence-electron chi connectivity index (χ2n) is 6.62. The summed E-state index contributed by atoms with van der Waals surface area (Å²) in [6, 6.07) is 3.66. The summed E-state index contributed by atoms with van der Waals surface area (Å²) in [5.74, 6) is 1.07. The van der Waals surface area contributed by atoms with E-state index in [1.165, 1.54) is 0 Å². The molecule has 0 spiro atoms. The van der Waals surface area contributed by atoms with E-state index in [1.54, 1.807) is 31.2 Å². The summed E-state index contributed by atoms with van der Waals surface area (Å²) in [5, 5.41) is 8.20. The highest BCUT2D eigenvalue weighted by Crippen LogP contribution is 2.30. The number of nitrogens with one attached hydrogen (secondary N) is 1. The zero-order chi connectivity index (χ0) is 20.3. The van der Waals surface area contributed by atoms with Crippen molar-refractivity contribution in [2.75, 3.05) is 14.2 Å². The lowest BCUT2D eigenvalue weighted by Gasteiger charge is -2.11. The highest BCUT2D eigenvalue weighted by Gasteiger charge is 2.18. The summed E-state index contributed by atoms with van der Waals surface area (Å²) in [5.41, 5.74) is 4.74. The number of rotatable bonds is 7. The van der Waals surface area contributed by atoms with Gasteiger partial charge in [-0.1, -0.05) is 0 Å². The molecule has 28 heavy (non-hydrogen) atoms. The fraction of sp³-hybridized carbons (Fsp3) is 0.400. The number of pyridine rings is 2. The van der Waals surface area contributed by atoms with E-state index in [-0.39, 0.29) is 5.91 Å². The first-order chi connectivity index (χ1) is 13.4. The van der Waals surface area contributed by atoms with Crippen molar-refractivity contribution in [3.05, 3.63) is 40.7 Å². The van der Waals surface area contributed by atoms with Gasteiger partial charge in [-0.05, 0) is 43.0 Å². The second-order valence-corrected chi connectivity index (χ2v) is 6.62. The largest absolute Gasteiger partial charge is 0.481 e. The highest BCUT2D eigenvalue weighted by molar-refractivity contribution is 5.86. The Balaban J connectivity index is 1.70. The third-order valence-electron chi connectivity index (χ3n) is 4.82. The summed E-state index contributed by atoms with van der Waals surface area (Å²) in [6.07, 6.45) is 2.64. The maximum absolute atomic E-state index is 12.3. The van der Waals surface area contributed by atoms with Crippen LogP contribution in [0.4, 0.5) is 0 Å². The minimum atomic E-state index is -0.0205. The van der Waals surface area contributed by atoms with Crippen molar-refractivity contribution in [2.45, 2.75) is 33.2 Å². The van der Waals surface area contributed by atoms with Gasteiger partial charge in [0.15, 0.2) is 5.65 Å². The predicted molar refractivity (Wildman–Crippen MR) is 105 cm³/mol. The molecule has 3 aromatic heterocycles. The third-order valence-corrected chi connectivity index (χ3v) is 4.82. The molecule has 1 N–H and O–H groups in total. The van der Waals surface area contributed by atoms with Gasteiger partial charge in [-0.25, -0.2) is 14.6 Å². The van der Waals surface area contributed by atoms with Gasteiger partial charge >= 0.3 is 0 Å². The van der Waals surface area contributed by atoms with Crippen molar-refractivity contribution in [1.29, 1.82) is 0 Å². The third kappa shape index (κ3) is 3.90. The molecule has 3 aromatic rings. The van der Waals surface area contributed by atoms with Crippen LogP contribution in [0.2, 0.25) is 0 Å². The predicted octanol–water partition coefficient (Wildman–Crippen LogP) is 2.25. The van der Waals surface area contributed by atoms with Crippen LogP contribution in [-0.4, -0.2) is 39.9 Å². The molecule has 148 valence electrons. The Kier molecular flexibility index (Phi) is 5.77. The Labute approximate surface area is 163 Å². The van der Waals surface area contributed by atoms with Crippen molar-refractivity contribution in [3.8, 4) is 11.8 Å². The van der Waals surface area contributed by atoms with Crippen LogP contribution in [-0.2, 0) is 24.8 Å². The normalized spacial score (nSPS) is 10.9. The first-order valence-corrected chi connectivity index (χ1v) is 9.07. The molecule has 0 bridgehead atoms. The lowest BCUT2D eigenvalue weighted by molar-refractivity contribution is -0.121. The van der Waals surface area contributed by atoms with E-state index in [2.05, 4.69) is 20.4 Å². The van der Waals surface area contributed by atoms with Crippen LogP contribution in [0.3, 0.4) is 0 Å². The number of carbonyl (C=O) groups excluding carboxylic acids is 1. The van der Waals surface area contributed by atoms with Crippen LogP contribution >= 0.6 is 0 Å². The monoisotopic (exact) mass is 383 g/mol. The zero-order valence-electron chi connectivity index (χ0n) is 16.9. The molecule has 0 unspecified atom stereocenters. The van der Waals surface area contributed by atoms with Crippen molar-refractivity contribution in [1.82, 2.24) is 25.1 Å². The average Bonchev–Trinajstić information content (AvgIpc) is 3.02. The first kappa shape index (κ1) is 19.6. The number of hydrogen-bond acceptors (Lipinski definition) is 6. The van der Waals surface area contributed by atoms with Gasteiger partial charge in [0, 0.05) is 38.0 Å². The lowest BCUT2D eigenvalue weighted by atomic mass is 10.00. The number of nitrogens with zero attached hydrogens (tertiary/aromatic N) is 4. The summed E-state index contributed by atoms with van der Waals surface area (Å²) in [6.45, 7) is 4.42. The Morgan fingerprint density at radius 2 is 2.04 bits per heavy atom. The average molecular weight is 383 g/mol. The quantitative estimate of drug-likeness (QED) is 0.673. The Morgan fingerprint density at radius 1 is 1.25 bits per heavy atom. The molecule has 3 heterocycles. The molecular weight excluding hydrogens is 358 g/mol. The zero-order valence-corrected chi connectivity index (χ0v) is 16.9. The van der Waals surface area contributed by atoms with Gasteiger partial charge in [0.25, 0.3) is 0 Å². The van der Waals surface area contributed by atoms with E-state index >= 15 is 0 Å². The van der Waals surface area contributed by atoms with Crippen molar-refractivity contribution in [3.63, 3.8) is 0 Å². The summed E-state index contributed by atoms with van der Waals surface area (Å²) < 4.78 is 12.2. The number of amides is 1. The summed E-state index contributed by atoms with van der Waals surface area (Å²) in [4.78, 5) is 21.1. The van der Waals surface area contributed by atoms with E-state index in [0.717, 1.165) is 33.4 Å².